The van der Waals surface area contributed by atoms with Crippen LogP contribution in [0.1, 0.15) is 24.1 Å². The van der Waals surface area contributed by atoms with Crippen LogP contribution >= 0.6 is 11.8 Å². The number of aryl methyl sites for hydroxylation is 1. The van der Waals surface area contributed by atoms with Gasteiger partial charge in [-0.2, -0.15) is 11.8 Å². The minimum absolute atomic E-state index is 0.427. The second-order valence-electron chi connectivity index (χ2n) is 4.35. The Balaban J connectivity index is 2.21. The molecule has 0 saturated carbocycles. The third-order valence-corrected chi connectivity index (χ3v) is 4.22. The van der Waals surface area contributed by atoms with Crippen molar-refractivity contribution in [2.45, 2.75) is 25.1 Å². The number of hydrogen-bond acceptors (Lipinski definition) is 3. The summed E-state index contributed by atoms with van der Waals surface area (Å²) in [6.45, 7) is 5.47. The van der Waals surface area contributed by atoms with Gasteiger partial charge in [-0.15, -0.1) is 0 Å². The molecule has 0 spiro atoms. The van der Waals surface area contributed by atoms with Crippen molar-refractivity contribution in [2.24, 2.45) is 0 Å². The molecule has 1 aliphatic heterocycles. The summed E-state index contributed by atoms with van der Waals surface area (Å²) in [7, 11) is 1.74. The first kappa shape index (κ1) is 11.8. The number of methoxy groups -OCH3 is 1. The largest absolute Gasteiger partial charge is 0.496 e. The molecule has 2 nitrogen and oxygen atoms in total. The van der Waals surface area contributed by atoms with E-state index in [-0.39, 0.29) is 0 Å². The summed E-state index contributed by atoms with van der Waals surface area (Å²) in [4.78, 5) is 0. The average molecular weight is 237 g/mol. The second kappa shape index (κ2) is 5.11. The Morgan fingerprint density at radius 3 is 2.88 bits per heavy atom. The lowest BCUT2D eigenvalue weighted by molar-refractivity contribution is 0.401. The van der Waals surface area contributed by atoms with Gasteiger partial charge in [0.2, 0.25) is 0 Å². The van der Waals surface area contributed by atoms with Crippen LogP contribution in [0.15, 0.2) is 18.2 Å². The van der Waals surface area contributed by atoms with Crippen LogP contribution in [0, 0.1) is 6.92 Å². The van der Waals surface area contributed by atoms with Gasteiger partial charge in [-0.1, -0.05) is 24.6 Å². The van der Waals surface area contributed by atoms with Crippen molar-refractivity contribution < 1.29 is 4.74 Å². The number of nitrogens with one attached hydrogen (secondary N) is 1. The van der Waals surface area contributed by atoms with Gasteiger partial charge in [-0.25, -0.2) is 0 Å². The molecule has 1 heterocycles. The van der Waals surface area contributed by atoms with Gasteiger partial charge in [0.25, 0.3) is 0 Å². The molecule has 0 radical (unpaired) electrons. The van der Waals surface area contributed by atoms with Gasteiger partial charge in [0.15, 0.2) is 0 Å². The normalized spacial score (nSPS) is 25.4. The van der Waals surface area contributed by atoms with Crippen LogP contribution in [0.25, 0.3) is 0 Å². The minimum Gasteiger partial charge on any atom is -0.496 e. The zero-order valence-electron chi connectivity index (χ0n) is 10.1. The molecular formula is C13H19NOS. The van der Waals surface area contributed by atoms with E-state index in [4.69, 9.17) is 4.74 Å². The zero-order valence-corrected chi connectivity index (χ0v) is 10.9. The molecule has 88 valence electrons. The SMILES string of the molecule is COc1ccc(C)cc1C1CSC(C)CN1. The van der Waals surface area contributed by atoms with Gasteiger partial charge in [-0.3, -0.25) is 0 Å². The molecular weight excluding hydrogens is 218 g/mol. The highest BCUT2D eigenvalue weighted by atomic mass is 32.2. The van der Waals surface area contributed by atoms with Crippen molar-refractivity contribution in [1.29, 1.82) is 0 Å². The fourth-order valence-electron chi connectivity index (χ4n) is 2.01. The van der Waals surface area contributed by atoms with Crippen molar-refractivity contribution in [3.63, 3.8) is 0 Å². The first-order valence-corrected chi connectivity index (χ1v) is 6.75. The van der Waals surface area contributed by atoms with Crippen molar-refractivity contribution in [3.05, 3.63) is 29.3 Å². The lowest BCUT2D eigenvalue weighted by Crippen LogP contribution is -2.34. The van der Waals surface area contributed by atoms with E-state index >= 15 is 0 Å². The quantitative estimate of drug-likeness (QED) is 0.854. The lowest BCUT2D eigenvalue weighted by Gasteiger charge is -2.29. The molecule has 1 aromatic rings. The maximum absolute atomic E-state index is 5.43. The summed E-state index contributed by atoms with van der Waals surface area (Å²) in [5.41, 5.74) is 2.59. The highest BCUT2D eigenvalue weighted by molar-refractivity contribution is 8.00. The third-order valence-electron chi connectivity index (χ3n) is 2.96. The monoisotopic (exact) mass is 237 g/mol. The van der Waals surface area contributed by atoms with Crippen LogP contribution in [0.3, 0.4) is 0 Å². The number of rotatable bonds is 2. The third kappa shape index (κ3) is 2.53. The molecule has 0 aliphatic carbocycles. The number of hydrogen-bond donors (Lipinski definition) is 1. The number of benzene rings is 1. The summed E-state index contributed by atoms with van der Waals surface area (Å²) in [6, 6.07) is 6.82. The number of thioether (sulfide) groups is 1. The van der Waals surface area contributed by atoms with Crippen LogP contribution in [-0.4, -0.2) is 24.7 Å². The Bertz CT molecular complexity index is 359. The fraction of sp³-hybridized carbons (Fsp3) is 0.538. The van der Waals surface area contributed by atoms with Crippen molar-refractivity contribution >= 4 is 11.8 Å². The first-order chi connectivity index (χ1) is 7.70. The Kier molecular flexibility index (Phi) is 3.77. The fourth-order valence-corrected chi connectivity index (χ4v) is 3.04. The van der Waals surface area contributed by atoms with Crippen molar-refractivity contribution in [1.82, 2.24) is 5.32 Å². The van der Waals surface area contributed by atoms with Gasteiger partial charge < -0.3 is 10.1 Å². The van der Waals surface area contributed by atoms with Crippen LogP contribution in [0.2, 0.25) is 0 Å². The van der Waals surface area contributed by atoms with Gasteiger partial charge in [0.05, 0.1) is 7.11 Å². The van der Waals surface area contributed by atoms with E-state index in [9.17, 15) is 0 Å². The molecule has 1 fully saturated rings. The van der Waals surface area contributed by atoms with Gasteiger partial charge >= 0.3 is 0 Å². The van der Waals surface area contributed by atoms with E-state index in [0.29, 0.717) is 11.3 Å². The predicted molar refractivity (Wildman–Crippen MR) is 70.4 cm³/mol. The molecule has 1 aromatic carbocycles. The van der Waals surface area contributed by atoms with E-state index in [1.165, 1.54) is 11.1 Å². The van der Waals surface area contributed by atoms with Gasteiger partial charge in [0, 0.05) is 29.2 Å². The van der Waals surface area contributed by atoms with E-state index in [0.717, 1.165) is 18.0 Å². The second-order valence-corrected chi connectivity index (χ2v) is 5.82. The summed E-state index contributed by atoms with van der Waals surface area (Å²) in [6.07, 6.45) is 0. The molecule has 2 rings (SSSR count). The minimum atomic E-state index is 0.427. The van der Waals surface area contributed by atoms with Gasteiger partial charge in [0.1, 0.15) is 5.75 Å². The molecule has 16 heavy (non-hydrogen) atoms. The highest BCUT2D eigenvalue weighted by Gasteiger charge is 2.21. The Labute approximate surface area is 102 Å². The summed E-state index contributed by atoms with van der Waals surface area (Å²) in [5, 5.41) is 4.30. The van der Waals surface area contributed by atoms with E-state index < -0.39 is 0 Å². The number of ether oxygens (including phenoxy) is 1. The summed E-state index contributed by atoms with van der Waals surface area (Å²) >= 11 is 2.03. The Morgan fingerprint density at radius 1 is 1.44 bits per heavy atom. The molecule has 3 heteroatoms. The smallest absolute Gasteiger partial charge is 0.123 e. The van der Waals surface area contributed by atoms with Gasteiger partial charge in [-0.05, 0) is 13.0 Å². The van der Waals surface area contributed by atoms with Crippen molar-refractivity contribution in [2.75, 3.05) is 19.4 Å². The standard InChI is InChI=1S/C13H19NOS/c1-9-4-5-13(15-3)11(6-9)12-8-16-10(2)7-14-12/h4-6,10,12,14H,7-8H2,1-3H3. The van der Waals surface area contributed by atoms with E-state index in [1.807, 2.05) is 11.8 Å². The Hall–Kier alpha value is -0.670. The summed E-state index contributed by atoms with van der Waals surface area (Å²) < 4.78 is 5.43. The van der Waals surface area contributed by atoms with Crippen LogP contribution < -0.4 is 10.1 Å². The molecule has 1 N–H and O–H groups in total. The molecule has 1 aliphatic rings. The first-order valence-electron chi connectivity index (χ1n) is 5.70. The zero-order chi connectivity index (χ0) is 11.5. The maximum Gasteiger partial charge on any atom is 0.123 e. The van der Waals surface area contributed by atoms with Crippen LogP contribution in [0.5, 0.6) is 5.75 Å². The molecule has 0 amide bonds. The molecule has 0 bridgehead atoms. The molecule has 0 aromatic heterocycles. The van der Waals surface area contributed by atoms with Crippen LogP contribution in [-0.2, 0) is 0 Å². The van der Waals surface area contributed by atoms with Crippen LogP contribution in [0.4, 0.5) is 0 Å². The molecule has 2 atom stereocenters. The molecule has 2 unspecified atom stereocenters. The summed E-state index contributed by atoms with van der Waals surface area (Å²) in [5.74, 6) is 2.12. The topological polar surface area (TPSA) is 21.3 Å². The Morgan fingerprint density at radius 2 is 2.25 bits per heavy atom. The van der Waals surface area contributed by atoms with E-state index in [1.54, 1.807) is 7.11 Å². The van der Waals surface area contributed by atoms with Crippen molar-refractivity contribution in [3.8, 4) is 5.75 Å². The molecule has 1 saturated heterocycles. The maximum atomic E-state index is 5.43. The average Bonchev–Trinajstić information content (AvgIpc) is 2.30. The lowest BCUT2D eigenvalue weighted by atomic mass is 10.0. The van der Waals surface area contributed by atoms with E-state index in [2.05, 4.69) is 37.4 Å². The predicted octanol–water partition coefficient (Wildman–Crippen LogP) is 2.77. The highest BCUT2D eigenvalue weighted by Crippen LogP contribution is 2.32.